The van der Waals surface area contributed by atoms with E-state index in [2.05, 4.69) is 45.1 Å². The van der Waals surface area contributed by atoms with Gasteiger partial charge in [0.15, 0.2) is 6.10 Å². The Labute approximate surface area is 455 Å². The van der Waals surface area contributed by atoms with Crippen molar-refractivity contribution in [3.8, 4) is 0 Å². The molecule has 0 aromatic heterocycles. The van der Waals surface area contributed by atoms with Gasteiger partial charge in [-0.2, -0.15) is 0 Å². The van der Waals surface area contributed by atoms with Crippen molar-refractivity contribution in [1.29, 1.82) is 0 Å². The third-order valence-electron chi connectivity index (χ3n) is 14.9. The summed E-state index contributed by atoms with van der Waals surface area (Å²) in [5.41, 5.74) is 0. The minimum atomic E-state index is -0.772. The summed E-state index contributed by atoms with van der Waals surface area (Å²) in [7, 11) is 0. The largest absolute Gasteiger partial charge is 0.462 e. The zero-order chi connectivity index (χ0) is 52.9. The van der Waals surface area contributed by atoms with E-state index in [0.29, 0.717) is 19.3 Å². The second-order valence-corrected chi connectivity index (χ2v) is 22.4. The molecule has 0 saturated heterocycles. The van der Waals surface area contributed by atoms with Crippen molar-refractivity contribution in [2.75, 3.05) is 13.2 Å². The van der Waals surface area contributed by atoms with Gasteiger partial charge in [0.1, 0.15) is 13.2 Å². The summed E-state index contributed by atoms with van der Waals surface area (Å²) in [6.45, 7) is 6.70. The molecule has 6 nitrogen and oxygen atoms in total. The van der Waals surface area contributed by atoms with Gasteiger partial charge in [-0.25, -0.2) is 0 Å². The zero-order valence-electron chi connectivity index (χ0n) is 49.4. The van der Waals surface area contributed by atoms with Gasteiger partial charge in [0, 0.05) is 19.3 Å². The molecule has 0 aromatic rings. The van der Waals surface area contributed by atoms with Crippen molar-refractivity contribution < 1.29 is 28.6 Å². The number of hydrogen-bond donors (Lipinski definition) is 0. The Morgan fingerprint density at radius 2 is 0.452 bits per heavy atom. The highest BCUT2D eigenvalue weighted by atomic mass is 16.6. The lowest BCUT2D eigenvalue weighted by atomic mass is 10.0. The Kier molecular flexibility index (Phi) is 60.6. The number of hydrogen-bond acceptors (Lipinski definition) is 6. The van der Waals surface area contributed by atoms with Crippen LogP contribution in [0.1, 0.15) is 367 Å². The molecular weight excluding hydrogens is 901 g/mol. The predicted octanol–water partition coefficient (Wildman–Crippen LogP) is 22.2. The average molecular weight is 1030 g/mol. The molecule has 1 atom stereocenters. The summed E-state index contributed by atoms with van der Waals surface area (Å²) in [5, 5.41) is 0. The van der Waals surface area contributed by atoms with Crippen molar-refractivity contribution in [2.45, 2.75) is 374 Å². The summed E-state index contributed by atoms with van der Waals surface area (Å²) >= 11 is 0. The van der Waals surface area contributed by atoms with Crippen LogP contribution in [0.15, 0.2) is 24.3 Å². The lowest BCUT2D eigenvalue weighted by molar-refractivity contribution is -0.167. The van der Waals surface area contributed by atoms with E-state index in [1.54, 1.807) is 0 Å². The Morgan fingerprint density at radius 3 is 0.685 bits per heavy atom. The van der Waals surface area contributed by atoms with Crippen molar-refractivity contribution in [3.63, 3.8) is 0 Å². The lowest BCUT2D eigenvalue weighted by Gasteiger charge is -2.18. The maximum Gasteiger partial charge on any atom is 0.306 e. The molecular formula is C67H126O6. The van der Waals surface area contributed by atoms with Crippen molar-refractivity contribution in [2.24, 2.45) is 0 Å². The summed E-state index contributed by atoms with van der Waals surface area (Å²) in [6.07, 6.45) is 74.7. The molecule has 430 valence electrons. The smallest absolute Gasteiger partial charge is 0.306 e. The topological polar surface area (TPSA) is 78.9 Å². The molecule has 0 radical (unpaired) electrons. The van der Waals surface area contributed by atoms with E-state index >= 15 is 0 Å². The van der Waals surface area contributed by atoms with E-state index < -0.39 is 6.10 Å². The van der Waals surface area contributed by atoms with Crippen LogP contribution in [-0.4, -0.2) is 37.2 Å². The third kappa shape index (κ3) is 60.6. The van der Waals surface area contributed by atoms with Gasteiger partial charge in [-0.15, -0.1) is 0 Å². The van der Waals surface area contributed by atoms with Gasteiger partial charge in [0.05, 0.1) is 0 Å². The number of ether oxygens (including phenoxy) is 3. The lowest BCUT2D eigenvalue weighted by Crippen LogP contribution is -2.30. The predicted molar refractivity (Wildman–Crippen MR) is 316 cm³/mol. The average Bonchev–Trinajstić information content (AvgIpc) is 3.39. The van der Waals surface area contributed by atoms with Gasteiger partial charge < -0.3 is 14.2 Å². The number of rotatable bonds is 61. The van der Waals surface area contributed by atoms with Crippen LogP contribution in [0.2, 0.25) is 0 Å². The second kappa shape index (κ2) is 62.4. The molecule has 0 N–H and O–H groups in total. The van der Waals surface area contributed by atoms with E-state index in [4.69, 9.17) is 14.2 Å². The minimum Gasteiger partial charge on any atom is -0.462 e. The molecule has 0 amide bonds. The molecule has 0 aliphatic rings. The second-order valence-electron chi connectivity index (χ2n) is 22.4. The van der Waals surface area contributed by atoms with Crippen LogP contribution in [0.4, 0.5) is 0 Å². The van der Waals surface area contributed by atoms with Crippen LogP contribution < -0.4 is 0 Å². The van der Waals surface area contributed by atoms with E-state index in [-0.39, 0.29) is 31.1 Å². The number of esters is 3. The van der Waals surface area contributed by atoms with Gasteiger partial charge in [0.25, 0.3) is 0 Å². The van der Waals surface area contributed by atoms with Crippen molar-refractivity contribution in [3.05, 3.63) is 24.3 Å². The number of carbonyl (C=O) groups excluding carboxylic acids is 3. The number of unbranched alkanes of at least 4 members (excludes halogenated alkanes) is 46. The first-order chi connectivity index (χ1) is 36.0. The molecule has 0 saturated carbocycles. The zero-order valence-corrected chi connectivity index (χ0v) is 49.4. The van der Waals surface area contributed by atoms with Crippen molar-refractivity contribution in [1.82, 2.24) is 0 Å². The Balaban J connectivity index is 4.32. The third-order valence-corrected chi connectivity index (χ3v) is 14.9. The fraction of sp³-hybridized carbons (Fsp3) is 0.896. The van der Waals surface area contributed by atoms with Crippen LogP contribution in [0.25, 0.3) is 0 Å². The summed E-state index contributed by atoms with van der Waals surface area (Å²) in [6, 6.07) is 0. The maximum absolute atomic E-state index is 12.9. The van der Waals surface area contributed by atoms with Gasteiger partial charge in [0.2, 0.25) is 0 Å². The highest BCUT2D eigenvalue weighted by Crippen LogP contribution is 2.18. The van der Waals surface area contributed by atoms with E-state index in [1.165, 1.54) is 270 Å². The monoisotopic (exact) mass is 1030 g/mol. The highest BCUT2D eigenvalue weighted by Gasteiger charge is 2.19. The number of carbonyl (C=O) groups is 3. The van der Waals surface area contributed by atoms with Gasteiger partial charge in [-0.3, -0.25) is 14.4 Å². The summed E-state index contributed by atoms with van der Waals surface area (Å²) in [5.74, 6) is -0.846. The first kappa shape index (κ1) is 70.9. The first-order valence-electron chi connectivity index (χ1n) is 32.8. The molecule has 0 aromatic carbocycles. The van der Waals surface area contributed by atoms with Crippen LogP contribution >= 0.6 is 0 Å². The fourth-order valence-electron chi connectivity index (χ4n) is 9.97. The molecule has 0 spiro atoms. The molecule has 0 fully saturated rings. The van der Waals surface area contributed by atoms with Crippen LogP contribution in [0.5, 0.6) is 0 Å². The Morgan fingerprint density at radius 1 is 0.260 bits per heavy atom. The SMILES string of the molecule is CCCCCCCC/C=C\CCCCCCCCCCCC(=O)OCC(COC(=O)CCCCCCCCCCCCCCCCCCCC)OC(=O)CCCCCCCCC/C=C\CCCCCCCCC. The molecule has 0 rings (SSSR count). The molecule has 0 aliphatic carbocycles. The summed E-state index contributed by atoms with van der Waals surface area (Å²) < 4.78 is 17.0. The van der Waals surface area contributed by atoms with Crippen LogP contribution in [0.3, 0.4) is 0 Å². The Bertz CT molecular complexity index is 1180. The molecule has 0 bridgehead atoms. The first-order valence-corrected chi connectivity index (χ1v) is 32.8. The van der Waals surface area contributed by atoms with E-state index in [0.717, 1.165) is 57.8 Å². The molecule has 1 unspecified atom stereocenters. The quantitative estimate of drug-likeness (QED) is 0.0261. The molecule has 73 heavy (non-hydrogen) atoms. The van der Waals surface area contributed by atoms with Crippen molar-refractivity contribution >= 4 is 17.9 Å². The fourth-order valence-corrected chi connectivity index (χ4v) is 9.97. The van der Waals surface area contributed by atoms with Gasteiger partial charge in [-0.1, -0.05) is 302 Å². The minimum absolute atomic E-state index is 0.0683. The number of allylic oxidation sites excluding steroid dienone is 4. The Hall–Kier alpha value is -2.11. The van der Waals surface area contributed by atoms with E-state index in [1.807, 2.05) is 0 Å². The standard InChI is InChI=1S/C67H126O6/c1-4-7-10-13-16-19-22-25-28-31-34-37-39-42-45-48-51-54-57-60-66(69)72-63-64(73-67(70)61-58-55-52-49-46-43-40-36-33-30-27-24-21-18-15-12-9-6-3)62-71-65(68)59-56-53-50-47-44-41-38-35-32-29-26-23-20-17-14-11-8-5-2/h25,28,30,33,64H,4-24,26-27,29,31-32,34-63H2,1-3H3/b28-25-,33-30-. The van der Waals surface area contributed by atoms with Gasteiger partial charge in [-0.05, 0) is 70.6 Å². The van der Waals surface area contributed by atoms with Gasteiger partial charge >= 0.3 is 17.9 Å². The normalized spacial score (nSPS) is 12.1. The summed E-state index contributed by atoms with van der Waals surface area (Å²) in [4.78, 5) is 38.4. The molecule has 0 aliphatic heterocycles. The maximum atomic E-state index is 12.9. The van der Waals surface area contributed by atoms with E-state index in [9.17, 15) is 14.4 Å². The van der Waals surface area contributed by atoms with Crippen LogP contribution in [0, 0.1) is 0 Å². The van der Waals surface area contributed by atoms with Crippen LogP contribution in [-0.2, 0) is 28.6 Å². The highest BCUT2D eigenvalue weighted by molar-refractivity contribution is 5.71. The molecule has 6 heteroatoms. The molecule has 0 heterocycles.